The molecule has 25 heavy (non-hydrogen) atoms. The van der Waals surface area contributed by atoms with Crippen LogP contribution < -0.4 is 5.32 Å². The van der Waals surface area contributed by atoms with Gasteiger partial charge >= 0.3 is 6.09 Å². The highest BCUT2D eigenvalue weighted by atomic mass is 19.1. The summed E-state index contributed by atoms with van der Waals surface area (Å²) in [6, 6.07) is 6.00. The van der Waals surface area contributed by atoms with Gasteiger partial charge in [0.2, 0.25) is 5.95 Å². The van der Waals surface area contributed by atoms with E-state index in [0.29, 0.717) is 31.1 Å². The van der Waals surface area contributed by atoms with Crippen LogP contribution in [0, 0.1) is 5.82 Å². The first-order chi connectivity index (χ1) is 11.8. The minimum absolute atomic E-state index is 0.292. The zero-order valence-electron chi connectivity index (χ0n) is 14.5. The predicted octanol–water partition coefficient (Wildman–Crippen LogP) is 3.65. The van der Waals surface area contributed by atoms with Crippen LogP contribution in [0.5, 0.6) is 0 Å². The molecule has 6 nitrogen and oxygen atoms in total. The molecule has 0 aliphatic carbocycles. The standard InChI is InChI=1S/C18H21FN4O2/c1-18(2,3)25-17(24)23-9-8-15-12(11-23)10-20-16(22-15)21-14-6-4-13(19)5-7-14/h4-7,10H,8-9,11H2,1-3H3,(H,20,21,22). The molecule has 0 unspecified atom stereocenters. The third-order valence-corrected chi connectivity index (χ3v) is 3.69. The number of benzene rings is 1. The molecule has 0 fully saturated rings. The first-order valence-electron chi connectivity index (χ1n) is 8.15. The normalized spacial score (nSPS) is 14.0. The fourth-order valence-electron chi connectivity index (χ4n) is 2.52. The molecule has 0 saturated carbocycles. The van der Waals surface area contributed by atoms with Crippen LogP contribution in [0.25, 0.3) is 0 Å². The quantitative estimate of drug-likeness (QED) is 0.901. The number of aromatic nitrogens is 2. The first-order valence-corrected chi connectivity index (χ1v) is 8.15. The van der Waals surface area contributed by atoms with Crippen molar-refractivity contribution < 1.29 is 13.9 Å². The molecule has 7 heteroatoms. The average molecular weight is 344 g/mol. The summed E-state index contributed by atoms with van der Waals surface area (Å²) >= 11 is 0. The largest absolute Gasteiger partial charge is 0.444 e. The zero-order chi connectivity index (χ0) is 18.0. The molecule has 1 aromatic heterocycles. The molecule has 0 radical (unpaired) electrons. The van der Waals surface area contributed by atoms with E-state index in [1.165, 1.54) is 12.1 Å². The van der Waals surface area contributed by atoms with Crippen molar-refractivity contribution in [3.05, 3.63) is 47.5 Å². The smallest absolute Gasteiger partial charge is 0.410 e. The van der Waals surface area contributed by atoms with E-state index in [-0.39, 0.29) is 11.9 Å². The van der Waals surface area contributed by atoms with Gasteiger partial charge in [0.1, 0.15) is 11.4 Å². The molecule has 132 valence electrons. The Labute approximate surface area is 146 Å². The number of nitrogens with zero attached hydrogens (tertiary/aromatic N) is 3. The average Bonchev–Trinajstić information content (AvgIpc) is 2.55. The van der Waals surface area contributed by atoms with Crippen LogP contribution in [0.1, 0.15) is 32.0 Å². The Kier molecular flexibility index (Phi) is 4.57. The Bertz CT molecular complexity index is 772. The van der Waals surface area contributed by atoms with Crippen molar-refractivity contribution in [1.82, 2.24) is 14.9 Å². The maximum absolute atomic E-state index is 13.0. The second-order valence-electron chi connectivity index (χ2n) is 6.95. The van der Waals surface area contributed by atoms with Crippen LogP contribution in [-0.2, 0) is 17.7 Å². The van der Waals surface area contributed by atoms with E-state index in [2.05, 4.69) is 15.3 Å². The SMILES string of the molecule is CC(C)(C)OC(=O)N1CCc2nc(Nc3ccc(F)cc3)ncc2C1. The Morgan fingerprint density at radius 1 is 1.28 bits per heavy atom. The van der Waals surface area contributed by atoms with Crippen LogP contribution in [-0.4, -0.2) is 33.1 Å². The van der Waals surface area contributed by atoms with Crippen LogP contribution in [0.4, 0.5) is 20.8 Å². The van der Waals surface area contributed by atoms with Gasteiger partial charge in [0.15, 0.2) is 0 Å². The van der Waals surface area contributed by atoms with Crippen molar-refractivity contribution in [3.63, 3.8) is 0 Å². The van der Waals surface area contributed by atoms with E-state index < -0.39 is 5.60 Å². The van der Waals surface area contributed by atoms with Gasteiger partial charge in [0.05, 0.1) is 12.2 Å². The van der Waals surface area contributed by atoms with Crippen molar-refractivity contribution in [3.8, 4) is 0 Å². The monoisotopic (exact) mass is 344 g/mol. The number of nitrogens with one attached hydrogen (secondary N) is 1. The van der Waals surface area contributed by atoms with E-state index in [1.807, 2.05) is 20.8 Å². The molecule has 0 saturated heterocycles. The highest BCUT2D eigenvalue weighted by Crippen LogP contribution is 2.21. The van der Waals surface area contributed by atoms with Gasteiger partial charge in [-0.25, -0.2) is 19.2 Å². The lowest BCUT2D eigenvalue weighted by molar-refractivity contribution is 0.0222. The summed E-state index contributed by atoms with van der Waals surface area (Å²) in [4.78, 5) is 22.6. The van der Waals surface area contributed by atoms with Crippen molar-refractivity contribution in [2.24, 2.45) is 0 Å². The van der Waals surface area contributed by atoms with Crippen molar-refractivity contribution in [2.45, 2.75) is 39.3 Å². The Hall–Kier alpha value is -2.70. The van der Waals surface area contributed by atoms with E-state index in [9.17, 15) is 9.18 Å². The molecule has 1 aliphatic heterocycles. The van der Waals surface area contributed by atoms with E-state index in [4.69, 9.17) is 4.74 Å². The lowest BCUT2D eigenvalue weighted by Gasteiger charge is -2.30. The number of ether oxygens (including phenoxy) is 1. The van der Waals surface area contributed by atoms with E-state index in [0.717, 1.165) is 11.3 Å². The summed E-state index contributed by atoms with van der Waals surface area (Å²) in [6.07, 6.45) is 2.02. The Morgan fingerprint density at radius 3 is 2.68 bits per heavy atom. The molecule has 1 aliphatic rings. The summed E-state index contributed by atoms with van der Waals surface area (Å²) in [5.41, 5.74) is 2.00. The van der Waals surface area contributed by atoms with Gasteiger partial charge in [-0.2, -0.15) is 0 Å². The molecule has 0 spiro atoms. The second-order valence-corrected chi connectivity index (χ2v) is 6.95. The van der Waals surface area contributed by atoms with Crippen molar-refractivity contribution in [2.75, 3.05) is 11.9 Å². The third-order valence-electron chi connectivity index (χ3n) is 3.69. The summed E-state index contributed by atoms with van der Waals surface area (Å²) < 4.78 is 18.4. The van der Waals surface area contributed by atoms with Crippen molar-refractivity contribution >= 4 is 17.7 Å². The lowest BCUT2D eigenvalue weighted by atomic mass is 10.1. The summed E-state index contributed by atoms with van der Waals surface area (Å²) in [5, 5.41) is 3.05. The van der Waals surface area contributed by atoms with Crippen LogP contribution in [0.3, 0.4) is 0 Å². The first kappa shape index (κ1) is 17.1. The second kappa shape index (κ2) is 6.66. The van der Waals surface area contributed by atoms with Gasteiger partial charge in [0.25, 0.3) is 0 Å². The lowest BCUT2D eigenvalue weighted by Crippen LogP contribution is -2.40. The highest BCUT2D eigenvalue weighted by Gasteiger charge is 2.26. The van der Waals surface area contributed by atoms with Gasteiger partial charge < -0.3 is 15.0 Å². The molecular weight excluding hydrogens is 323 g/mol. The molecule has 0 atom stereocenters. The number of anilines is 2. The molecular formula is C18H21FN4O2. The topological polar surface area (TPSA) is 67.3 Å². The van der Waals surface area contributed by atoms with E-state index in [1.54, 1.807) is 23.2 Å². The fourth-order valence-corrected chi connectivity index (χ4v) is 2.52. The Balaban J connectivity index is 1.69. The highest BCUT2D eigenvalue weighted by molar-refractivity contribution is 5.68. The number of halogens is 1. The summed E-state index contributed by atoms with van der Waals surface area (Å²) in [7, 11) is 0. The summed E-state index contributed by atoms with van der Waals surface area (Å²) in [5.74, 6) is 0.162. The number of rotatable bonds is 2. The van der Waals surface area contributed by atoms with Crippen LogP contribution >= 0.6 is 0 Å². The number of carbonyl (C=O) groups excluding carboxylic acids is 1. The third kappa shape index (κ3) is 4.43. The number of hydrogen-bond donors (Lipinski definition) is 1. The van der Waals surface area contributed by atoms with Crippen LogP contribution in [0.15, 0.2) is 30.5 Å². The number of fused-ring (bicyclic) bond motifs is 1. The van der Waals surface area contributed by atoms with Crippen molar-refractivity contribution in [1.29, 1.82) is 0 Å². The van der Waals surface area contributed by atoms with Gasteiger partial charge in [-0.05, 0) is 45.0 Å². The molecule has 2 heterocycles. The predicted molar refractivity (Wildman–Crippen MR) is 92.1 cm³/mol. The molecule has 1 N–H and O–H groups in total. The molecule has 3 rings (SSSR count). The Morgan fingerprint density at radius 2 is 2.00 bits per heavy atom. The fraction of sp³-hybridized carbons (Fsp3) is 0.389. The summed E-state index contributed by atoms with van der Waals surface area (Å²) in [6.45, 7) is 6.52. The maximum Gasteiger partial charge on any atom is 0.410 e. The minimum atomic E-state index is -0.517. The number of carbonyl (C=O) groups is 1. The maximum atomic E-state index is 13.0. The van der Waals surface area contributed by atoms with E-state index >= 15 is 0 Å². The zero-order valence-corrected chi connectivity index (χ0v) is 14.5. The molecule has 1 aromatic carbocycles. The number of hydrogen-bond acceptors (Lipinski definition) is 5. The minimum Gasteiger partial charge on any atom is -0.444 e. The number of amides is 1. The van der Waals surface area contributed by atoms with Crippen LogP contribution in [0.2, 0.25) is 0 Å². The van der Waals surface area contributed by atoms with Gasteiger partial charge in [-0.15, -0.1) is 0 Å². The molecule has 2 aromatic rings. The van der Waals surface area contributed by atoms with Gasteiger partial charge in [0, 0.05) is 30.4 Å². The van der Waals surface area contributed by atoms with Gasteiger partial charge in [-0.1, -0.05) is 0 Å². The molecule has 1 amide bonds. The molecule has 0 bridgehead atoms. The van der Waals surface area contributed by atoms with Gasteiger partial charge in [-0.3, -0.25) is 0 Å².